The maximum Gasteiger partial charge on any atom is 0.162 e. The molecule has 0 bridgehead atoms. The van der Waals surface area contributed by atoms with E-state index < -0.39 is 0 Å². The van der Waals surface area contributed by atoms with E-state index in [0.717, 1.165) is 50.7 Å². The van der Waals surface area contributed by atoms with Crippen LogP contribution in [0.25, 0.3) is 103 Å². The van der Waals surface area contributed by atoms with E-state index in [1.165, 1.54) is 64.9 Å². The first kappa shape index (κ1) is 32.0. The number of benzene rings is 7. The van der Waals surface area contributed by atoms with Crippen molar-refractivity contribution in [3.05, 3.63) is 188 Å². The van der Waals surface area contributed by atoms with Gasteiger partial charge in [-0.05, 0) is 94.3 Å². The summed E-state index contributed by atoms with van der Waals surface area (Å²) in [5.41, 5.74) is 11.3. The topological polar surface area (TPSA) is 47.7 Å². The van der Waals surface area contributed by atoms with Crippen LogP contribution >= 0.6 is 11.3 Å². The Hall–Kier alpha value is -7.28. The number of nitrogens with zero attached hydrogens (tertiary/aromatic N) is 4. The van der Waals surface area contributed by atoms with Gasteiger partial charge in [-0.15, -0.1) is 11.3 Å². The zero-order chi connectivity index (χ0) is 37.5. The van der Waals surface area contributed by atoms with Crippen molar-refractivity contribution in [2.75, 3.05) is 6.54 Å². The molecular weight excluding hydrogens is 715 g/mol. The van der Waals surface area contributed by atoms with Gasteiger partial charge in [0.2, 0.25) is 0 Å². The highest BCUT2D eigenvalue weighted by Crippen LogP contribution is 2.42. The molecule has 12 rings (SSSR count). The lowest BCUT2D eigenvalue weighted by molar-refractivity contribution is 0.968. The first-order chi connectivity index (χ1) is 28.2. The molecule has 0 saturated carbocycles. The van der Waals surface area contributed by atoms with Crippen LogP contribution in [0.4, 0.5) is 0 Å². The Balaban J connectivity index is 1.13. The number of thiophene rings is 1. The minimum Gasteiger partial charge on any atom is -0.387 e. The van der Waals surface area contributed by atoms with E-state index in [9.17, 15) is 0 Å². The molecule has 4 aromatic heterocycles. The standard InChI is InChI=1S/C51H33N5S/c1-3-11-32(12-4-1)48-31-43-49(57-48)51(54-50(53-43)33-23-25-52-26-24-33)56-45-22-20-36(28-41(45)42-27-34-13-7-8-14-35(34)29-47(42)56)37-19-21-40-39-17-9-10-18-44(39)55(46(40)30-37)38-15-5-2-6-16-38/h1-25,27-31,52H,26H2. The maximum atomic E-state index is 5.44. The summed E-state index contributed by atoms with van der Waals surface area (Å²) in [6.45, 7) is 0.740. The van der Waals surface area contributed by atoms with Crippen LogP contribution in [-0.2, 0) is 0 Å². The average Bonchev–Trinajstić information content (AvgIpc) is 3.96. The van der Waals surface area contributed by atoms with Crippen LogP contribution in [0.3, 0.4) is 0 Å². The van der Waals surface area contributed by atoms with Crippen LogP contribution in [-0.4, -0.2) is 25.6 Å². The molecule has 0 amide bonds. The van der Waals surface area contributed by atoms with Crippen molar-refractivity contribution in [1.29, 1.82) is 0 Å². The highest BCUT2D eigenvalue weighted by molar-refractivity contribution is 7.22. The van der Waals surface area contributed by atoms with Gasteiger partial charge in [-0.1, -0.05) is 115 Å². The van der Waals surface area contributed by atoms with Crippen molar-refractivity contribution in [3.63, 3.8) is 0 Å². The summed E-state index contributed by atoms with van der Waals surface area (Å²) in [7, 11) is 0. The largest absolute Gasteiger partial charge is 0.387 e. The molecule has 57 heavy (non-hydrogen) atoms. The van der Waals surface area contributed by atoms with Gasteiger partial charge in [-0.3, -0.25) is 4.57 Å². The summed E-state index contributed by atoms with van der Waals surface area (Å²) >= 11 is 1.76. The summed E-state index contributed by atoms with van der Waals surface area (Å²) in [6.07, 6.45) is 6.21. The summed E-state index contributed by atoms with van der Waals surface area (Å²) in [6, 6.07) is 59.4. The fourth-order valence-electron chi connectivity index (χ4n) is 8.68. The lowest BCUT2D eigenvalue weighted by Gasteiger charge is -2.13. The molecule has 1 N–H and O–H groups in total. The van der Waals surface area contributed by atoms with Gasteiger partial charge in [-0.2, -0.15) is 0 Å². The predicted octanol–water partition coefficient (Wildman–Crippen LogP) is 12.9. The molecule has 0 saturated heterocycles. The van der Waals surface area contributed by atoms with Gasteiger partial charge >= 0.3 is 0 Å². The molecule has 6 heteroatoms. The summed E-state index contributed by atoms with van der Waals surface area (Å²) in [5.74, 6) is 1.62. The molecule has 5 heterocycles. The van der Waals surface area contributed by atoms with E-state index in [-0.39, 0.29) is 0 Å². The summed E-state index contributed by atoms with van der Waals surface area (Å²) in [5, 5.41) is 10.6. The fraction of sp³-hybridized carbons (Fsp3) is 0.0196. The van der Waals surface area contributed by atoms with Crippen LogP contribution in [0.15, 0.2) is 182 Å². The quantitative estimate of drug-likeness (QED) is 0.191. The number of dihydropyridines is 1. The summed E-state index contributed by atoms with van der Waals surface area (Å²) in [4.78, 5) is 11.8. The number of hydrogen-bond donors (Lipinski definition) is 1. The van der Waals surface area contributed by atoms with Crippen LogP contribution < -0.4 is 5.32 Å². The number of aromatic nitrogens is 4. The zero-order valence-electron chi connectivity index (χ0n) is 30.7. The normalized spacial score (nSPS) is 13.0. The van der Waals surface area contributed by atoms with Gasteiger partial charge in [0.1, 0.15) is 0 Å². The molecule has 7 aromatic carbocycles. The number of allylic oxidation sites excluding steroid dienone is 2. The van der Waals surface area contributed by atoms with Crippen LogP contribution in [0, 0.1) is 0 Å². The van der Waals surface area contributed by atoms with Crippen LogP contribution in [0.2, 0.25) is 0 Å². The van der Waals surface area contributed by atoms with Crippen molar-refractivity contribution >= 4 is 81.5 Å². The van der Waals surface area contributed by atoms with Crippen molar-refractivity contribution in [2.45, 2.75) is 0 Å². The van der Waals surface area contributed by atoms with Gasteiger partial charge in [0, 0.05) is 44.2 Å². The number of hydrogen-bond acceptors (Lipinski definition) is 4. The third-order valence-corrected chi connectivity index (χ3v) is 12.5. The molecule has 1 aliphatic heterocycles. The molecule has 0 unspecified atom stereocenters. The molecular formula is C51H33N5S. The Kier molecular flexibility index (Phi) is 7.09. The SMILES string of the molecule is C1=CC(c2nc(-n3c4ccc(-c5ccc6c7ccccc7n(-c7ccccc7)c6c5)cc4c4cc5ccccc5cc43)c3sc(-c4ccccc4)cc3n2)=CCN1. The molecule has 0 atom stereocenters. The Bertz CT molecular complexity index is 3460. The van der Waals surface area contributed by atoms with Gasteiger partial charge in [0.25, 0.3) is 0 Å². The molecule has 1 aliphatic rings. The monoisotopic (exact) mass is 747 g/mol. The van der Waals surface area contributed by atoms with Crippen molar-refractivity contribution in [1.82, 2.24) is 24.4 Å². The molecule has 0 spiro atoms. The molecule has 0 aliphatic carbocycles. The first-order valence-corrected chi connectivity index (χ1v) is 20.1. The molecule has 11 aromatic rings. The minimum absolute atomic E-state index is 0.724. The van der Waals surface area contributed by atoms with Crippen molar-refractivity contribution in [3.8, 4) is 33.1 Å². The summed E-state index contributed by atoms with van der Waals surface area (Å²) < 4.78 is 5.83. The molecule has 268 valence electrons. The van der Waals surface area contributed by atoms with E-state index in [1.54, 1.807) is 11.3 Å². The second-order valence-corrected chi connectivity index (χ2v) is 15.7. The van der Waals surface area contributed by atoms with Crippen molar-refractivity contribution in [2.24, 2.45) is 0 Å². The average molecular weight is 748 g/mol. The Morgan fingerprint density at radius 2 is 1.19 bits per heavy atom. The Labute approximate surface area is 332 Å². The maximum absolute atomic E-state index is 5.44. The predicted molar refractivity (Wildman–Crippen MR) is 240 cm³/mol. The van der Waals surface area contributed by atoms with Gasteiger partial charge in [0.15, 0.2) is 11.6 Å². The van der Waals surface area contributed by atoms with E-state index in [1.807, 2.05) is 6.20 Å². The third kappa shape index (κ3) is 5.08. The molecule has 0 fully saturated rings. The number of nitrogens with one attached hydrogen (secondary N) is 1. The highest BCUT2D eigenvalue weighted by atomic mass is 32.1. The Morgan fingerprint density at radius 3 is 2.04 bits per heavy atom. The zero-order valence-corrected chi connectivity index (χ0v) is 31.5. The second-order valence-electron chi connectivity index (χ2n) is 14.7. The lowest BCUT2D eigenvalue weighted by Crippen LogP contribution is -2.10. The van der Waals surface area contributed by atoms with Gasteiger partial charge in [-0.25, -0.2) is 9.97 Å². The Morgan fingerprint density at radius 1 is 0.509 bits per heavy atom. The van der Waals surface area contributed by atoms with E-state index in [4.69, 9.17) is 9.97 Å². The van der Waals surface area contributed by atoms with Gasteiger partial charge in [0.05, 0.1) is 32.3 Å². The van der Waals surface area contributed by atoms with Crippen LogP contribution in [0.5, 0.6) is 0 Å². The van der Waals surface area contributed by atoms with E-state index in [0.29, 0.717) is 0 Å². The smallest absolute Gasteiger partial charge is 0.162 e. The fourth-order valence-corrected chi connectivity index (χ4v) is 9.76. The minimum atomic E-state index is 0.724. The first-order valence-electron chi connectivity index (χ1n) is 19.3. The van der Waals surface area contributed by atoms with E-state index in [2.05, 4.69) is 190 Å². The van der Waals surface area contributed by atoms with Crippen LogP contribution in [0.1, 0.15) is 5.82 Å². The number of para-hydroxylation sites is 2. The molecule has 0 radical (unpaired) electrons. The van der Waals surface area contributed by atoms with Gasteiger partial charge < -0.3 is 9.88 Å². The van der Waals surface area contributed by atoms with Crippen molar-refractivity contribution < 1.29 is 0 Å². The van der Waals surface area contributed by atoms with E-state index >= 15 is 0 Å². The highest BCUT2D eigenvalue weighted by Gasteiger charge is 2.22. The number of fused-ring (bicyclic) bond motifs is 8. The third-order valence-electron chi connectivity index (χ3n) is 11.4. The number of rotatable bonds is 5. The second kappa shape index (κ2) is 12.6. The lowest BCUT2D eigenvalue weighted by atomic mass is 10.0. The molecule has 5 nitrogen and oxygen atoms in total.